The van der Waals surface area contributed by atoms with Gasteiger partial charge in [0, 0.05) is 19.1 Å². The van der Waals surface area contributed by atoms with Gasteiger partial charge in [0.1, 0.15) is 5.69 Å². The van der Waals surface area contributed by atoms with Gasteiger partial charge in [-0.05, 0) is 32.0 Å². The molecule has 1 aromatic rings. The Balaban J connectivity index is 2.12. The average Bonchev–Trinajstić information content (AvgIpc) is 3.21. The molecule has 0 radical (unpaired) electrons. The van der Waals surface area contributed by atoms with Crippen LogP contribution in [0.25, 0.3) is 0 Å². The van der Waals surface area contributed by atoms with Crippen molar-refractivity contribution >= 4 is 21.4 Å². The zero-order chi connectivity index (χ0) is 15.6. The molecule has 1 aliphatic carbocycles. The molecule has 8 nitrogen and oxygen atoms in total. The van der Waals surface area contributed by atoms with Crippen LogP contribution in [0, 0.1) is 10.1 Å². The first kappa shape index (κ1) is 15.7. The van der Waals surface area contributed by atoms with Crippen LogP contribution in [-0.4, -0.2) is 44.4 Å². The van der Waals surface area contributed by atoms with E-state index < -0.39 is 25.5 Å². The standard InChI is InChI=1S/C12H18N4O4S/c1-15(9-5-6-9)8-7-14-21(19,20)11-4-2-3-10(13)12(11)16(17)18/h2-4,9,14H,5-8,13H2,1H3. The van der Waals surface area contributed by atoms with E-state index in [9.17, 15) is 18.5 Å². The predicted molar refractivity (Wildman–Crippen MR) is 78.3 cm³/mol. The van der Waals surface area contributed by atoms with Crippen molar-refractivity contribution in [3.8, 4) is 0 Å². The summed E-state index contributed by atoms with van der Waals surface area (Å²) in [4.78, 5) is 11.9. The summed E-state index contributed by atoms with van der Waals surface area (Å²) in [6.07, 6.45) is 2.26. The number of likely N-dealkylation sites (N-methyl/N-ethyl adjacent to an activating group) is 1. The molecule has 0 aliphatic heterocycles. The van der Waals surface area contributed by atoms with E-state index in [-0.39, 0.29) is 12.2 Å². The lowest BCUT2D eigenvalue weighted by Crippen LogP contribution is -2.34. The van der Waals surface area contributed by atoms with Crippen molar-refractivity contribution in [2.75, 3.05) is 25.9 Å². The van der Waals surface area contributed by atoms with Gasteiger partial charge in [0.2, 0.25) is 10.0 Å². The Morgan fingerprint density at radius 2 is 2.14 bits per heavy atom. The lowest BCUT2D eigenvalue weighted by Gasteiger charge is -2.15. The number of benzene rings is 1. The third-order valence-corrected chi connectivity index (χ3v) is 4.92. The van der Waals surface area contributed by atoms with Crippen LogP contribution >= 0.6 is 0 Å². The van der Waals surface area contributed by atoms with Gasteiger partial charge in [-0.3, -0.25) is 10.1 Å². The van der Waals surface area contributed by atoms with E-state index in [1.165, 1.54) is 18.2 Å². The smallest absolute Gasteiger partial charge is 0.312 e. The number of nitrogen functional groups attached to an aromatic ring is 1. The predicted octanol–water partition coefficient (Wildman–Crippen LogP) is 0.549. The number of anilines is 1. The highest BCUT2D eigenvalue weighted by molar-refractivity contribution is 7.89. The highest BCUT2D eigenvalue weighted by atomic mass is 32.2. The summed E-state index contributed by atoms with van der Waals surface area (Å²) in [6, 6.07) is 4.39. The summed E-state index contributed by atoms with van der Waals surface area (Å²) in [5.74, 6) is 0. The van der Waals surface area contributed by atoms with Gasteiger partial charge in [0.25, 0.3) is 0 Å². The van der Waals surface area contributed by atoms with Crippen LogP contribution in [0.4, 0.5) is 11.4 Å². The number of nitro groups is 1. The Morgan fingerprint density at radius 3 is 2.71 bits per heavy atom. The summed E-state index contributed by atoms with van der Waals surface area (Å²) >= 11 is 0. The molecular weight excluding hydrogens is 296 g/mol. The fraction of sp³-hybridized carbons (Fsp3) is 0.500. The summed E-state index contributed by atoms with van der Waals surface area (Å²) in [6.45, 7) is 0.751. The second-order valence-electron chi connectivity index (χ2n) is 5.06. The molecule has 0 bridgehead atoms. The summed E-state index contributed by atoms with van der Waals surface area (Å²) in [5.41, 5.74) is 4.75. The first-order valence-electron chi connectivity index (χ1n) is 6.55. The molecule has 0 saturated heterocycles. The van der Waals surface area contributed by atoms with Crippen LogP contribution in [0.15, 0.2) is 23.1 Å². The summed E-state index contributed by atoms with van der Waals surface area (Å²) in [7, 11) is -2.03. The van der Waals surface area contributed by atoms with Crippen LogP contribution in [-0.2, 0) is 10.0 Å². The van der Waals surface area contributed by atoms with Gasteiger partial charge in [0.05, 0.1) is 4.92 Å². The molecule has 1 saturated carbocycles. The van der Waals surface area contributed by atoms with Crippen LogP contribution in [0.3, 0.4) is 0 Å². The number of rotatable bonds is 7. The van der Waals surface area contributed by atoms with Crippen LogP contribution in [0.2, 0.25) is 0 Å². The SMILES string of the molecule is CN(CCNS(=O)(=O)c1cccc(N)c1[N+](=O)[O-])C1CC1. The van der Waals surface area contributed by atoms with Crippen molar-refractivity contribution in [1.82, 2.24) is 9.62 Å². The molecule has 0 heterocycles. The normalized spacial score (nSPS) is 15.3. The molecule has 0 spiro atoms. The van der Waals surface area contributed by atoms with Crippen molar-refractivity contribution in [2.45, 2.75) is 23.8 Å². The van der Waals surface area contributed by atoms with E-state index in [2.05, 4.69) is 9.62 Å². The van der Waals surface area contributed by atoms with Gasteiger partial charge in [-0.25, -0.2) is 13.1 Å². The molecule has 1 fully saturated rings. The molecule has 1 aromatic carbocycles. The van der Waals surface area contributed by atoms with Gasteiger partial charge < -0.3 is 10.6 Å². The molecule has 9 heteroatoms. The third-order valence-electron chi connectivity index (χ3n) is 3.43. The second-order valence-corrected chi connectivity index (χ2v) is 6.80. The number of hydrogen-bond acceptors (Lipinski definition) is 6. The highest BCUT2D eigenvalue weighted by Gasteiger charge is 2.29. The number of sulfonamides is 1. The maximum absolute atomic E-state index is 12.2. The Morgan fingerprint density at radius 1 is 1.48 bits per heavy atom. The third kappa shape index (κ3) is 3.69. The molecule has 0 amide bonds. The van der Waals surface area contributed by atoms with Gasteiger partial charge >= 0.3 is 5.69 Å². The zero-order valence-electron chi connectivity index (χ0n) is 11.7. The number of para-hydroxylation sites is 1. The van der Waals surface area contributed by atoms with Crippen LogP contribution < -0.4 is 10.5 Å². The molecule has 0 aromatic heterocycles. The zero-order valence-corrected chi connectivity index (χ0v) is 12.5. The largest absolute Gasteiger partial charge is 0.393 e. The molecule has 116 valence electrons. The van der Waals surface area contributed by atoms with Gasteiger partial charge in [0.15, 0.2) is 4.90 Å². The second kappa shape index (κ2) is 5.96. The molecule has 21 heavy (non-hydrogen) atoms. The lowest BCUT2D eigenvalue weighted by molar-refractivity contribution is -0.386. The van der Waals surface area contributed by atoms with Crippen molar-refractivity contribution in [3.63, 3.8) is 0 Å². The minimum atomic E-state index is -3.96. The van der Waals surface area contributed by atoms with Crippen molar-refractivity contribution in [2.24, 2.45) is 0 Å². The van der Waals surface area contributed by atoms with Gasteiger partial charge in [-0.15, -0.1) is 0 Å². The molecule has 1 aliphatic rings. The van der Waals surface area contributed by atoms with E-state index in [0.29, 0.717) is 12.6 Å². The quantitative estimate of drug-likeness (QED) is 0.431. The fourth-order valence-electron chi connectivity index (χ4n) is 2.08. The highest BCUT2D eigenvalue weighted by Crippen LogP contribution is 2.29. The van der Waals surface area contributed by atoms with Gasteiger partial charge in [-0.2, -0.15) is 0 Å². The minimum Gasteiger partial charge on any atom is -0.393 e. The van der Waals surface area contributed by atoms with E-state index in [4.69, 9.17) is 5.73 Å². The number of nitrogens with one attached hydrogen (secondary N) is 1. The molecule has 0 atom stereocenters. The number of nitrogens with two attached hydrogens (primary N) is 1. The Bertz CT molecular complexity index is 643. The summed E-state index contributed by atoms with van der Waals surface area (Å²) < 4.78 is 26.8. The maximum Gasteiger partial charge on any atom is 0.312 e. The molecule has 0 unspecified atom stereocenters. The number of hydrogen-bond donors (Lipinski definition) is 2. The minimum absolute atomic E-state index is 0.169. The Kier molecular flexibility index (Phi) is 4.45. The molecule has 3 N–H and O–H groups in total. The monoisotopic (exact) mass is 314 g/mol. The fourth-order valence-corrected chi connectivity index (χ4v) is 3.30. The molecular formula is C12H18N4O4S. The lowest BCUT2D eigenvalue weighted by atomic mass is 10.3. The van der Waals surface area contributed by atoms with E-state index in [1.54, 1.807) is 0 Å². The average molecular weight is 314 g/mol. The first-order valence-corrected chi connectivity index (χ1v) is 8.04. The number of nitrogens with zero attached hydrogens (tertiary/aromatic N) is 2. The van der Waals surface area contributed by atoms with Crippen molar-refractivity contribution in [3.05, 3.63) is 28.3 Å². The van der Waals surface area contributed by atoms with E-state index in [1.807, 2.05) is 7.05 Å². The van der Waals surface area contributed by atoms with E-state index in [0.717, 1.165) is 12.8 Å². The maximum atomic E-state index is 12.2. The topological polar surface area (TPSA) is 119 Å². The summed E-state index contributed by atoms with van der Waals surface area (Å²) in [5, 5.41) is 11.0. The van der Waals surface area contributed by atoms with Gasteiger partial charge in [-0.1, -0.05) is 6.07 Å². The first-order chi connectivity index (χ1) is 9.83. The van der Waals surface area contributed by atoms with Crippen molar-refractivity contribution < 1.29 is 13.3 Å². The molecule has 2 rings (SSSR count). The Hall–Kier alpha value is -1.71. The van der Waals surface area contributed by atoms with Crippen LogP contribution in [0.5, 0.6) is 0 Å². The van der Waals surface area contributed by atoms with E-state index >= 15 is 0 Å². The number of nitro benzene ring substituents is 1. The van der Waals surface area contributed by atoms with Crippen molar-refractivity contribution in [1.29, 1.82) is 0 Å². The Labute approximate surface area is 123 Å². The van der Waals surface area contributed by atoms with Crippen LogP contribution in [0.1, 0.15) is 12.8 Å².